The SMILES string of the molecule is C=CCC(=O)OCOC(C)CC. The van der Waals surface area contributed by atoms with Gasteiger partial charge in [-0.2, -0.15) is 0 Å². The molecule has 0 aromatic carbocycles. The molecule has 0 aromatic rings. The number of ether oxygens (including phenoxy) is 2. The molecule has 0 spiro atoms. The van der Waals surface area contributed by atoms with Gasteiger partial charge < -0.3 is 9.47 Å². The van der Waals surface area contributed by atoms with Crippen molar-refractivity contribution in [3.63, 3.8) is 0 Å². The van der Waals surface area contributed by atoms with Crippen molar-refractivity contribution in [1.29, 1.82) is 0 Å². The van der Waals surface area contributed by atoms with Gasteiger partial charge in [0.25, 0.3) is 0 Å². The van der Waals surface area contributed by atoms with Crippen molar-refractivity contribution >= 4 is 5.97 Å². The molecule has 0 bridgehead atoms. The monoisotopic (exact) mass is 172 g/mol. The van der Waals surface area contributed by atoms with E-state index in [1.54, 1.807) is 0 Å². The lowest BCUT2D eigenvalue weighted by Crippen LogP contribution is -2.13. The number of hydrogen-bond acceptors (Lipinski definition) is 3. The van der Waals surface area contributed by atoms with E-state index in [1.807, 2.05) is 13.8 Å². The highest BCUT2D eigenvalue weighted by Crippen LogP contribution is 1.96. The van der Waals surface area contributed by atoms with E-state index in [4.69, 9.17) is 9.47 Å². The first-order valence-electron chi connectivity index (χ1n) is 4.08. The van der Waals surface area contributed by atoms with Crippen molar-refractivity contribution in [3.8, 4) is 0 Å². The van der Waals surface area contributed by atoms with Crippen molar-refractivity contribution in [1.82, 2.24) is 0 Å². The lowest BCUT2D eigenvalue weighted by molar-refractivity contribution is -0.159. The smallest absolute Gasteiger partial charge is 0.311 e. The summed E-state index contributed by atoms with van der Waals surface area (Å²) >= 11 is 0. The van der Waals surface area contributed by atoms with E-state index in [-0.39, 0.29) is 25.3 Å². The van der Waals surface area contributed by atoms with Crippen molar-refractivity contribution in [2.75, 3.05) is 6.79 Å². The lowest BCUT2D eigenvalue weighted by Gasteiger charge is -2.09. The molecule has 0 amide bonds. The summed E-state index contributed by atoms with van der Waals surface area (Å²) in [5.74, 6) is -0.298. The van der Waals surface area contributed by atoms with Gasteiger partial charge in [0.15, 0.2) is 6.79 Å². The van der Waals surface area contributed by atoms with Crippen LogP contribution in [0.2, 0.25) is 0 Å². The van der Waals surface area contributed by atoms with Crippen LogP contribution in [0.3, 0.4) is 0 Å². The first-order chi connectivity index (χ1) is 5.70. The Hall–Kier alpha value is -0.830. The third kappa shape index (κ3) is 5.92. The molecule has 0 heterocycles. The maximum atomic E-state index is 10.7. The van der Waals surface area contributed by atoms with Crippen LogP contribution < -0.4 is 0 Å². The zero-order valence-corrected chi connectivity index (χ0v) is 7.71. The van der Waals surface area contributed by atoms with Gasteiger partial charge in [-0.3, -0.25) is 4.79 Å². The molecule has 0 aliphatic heterocycles. The zero-order chi connectivity index (χ0) is 9.40. The zero-order valence-electron chi connectivity index (χ0n) is 7.71. The second-order valence-electron chi connectivity index (χ2n) is 2.51. The fourth-order valence-electron chi connectivity index (χ4n) is 0.511. The van der Waals surface area contributed by atoms with Gasteiger partial charge in [-0.25, -0.2) is 0 Å². The van der Waals surface area contributed by atoms with Crippen LogP contribution in [-0.4, -0.2) is 18.9 Å². The number of rotatable bonds is 6. The molecule has 0 fully saturated rings. The van der Waals surface area contributed by atoms with E-state index < -0.39 is 0 Å². The van der Waals surface area contributed by atoms with Gasteiger partial charge in [-0.1, -0.05) is 13.0 Å². The van der Waals surface area contributed by atoms with Gasteiger partial charge >= 0.3 is 5.97 Å². The van der Waals surface area contributed by atoms with E-state index >= 15 is 0 Å². The van der Waals surface area contributed by atoms with Crippen LogP contribution in [0, 0.1) is 0 Å². The number of esters is 1. The molecule has 0 radical (unpaired) electrons. The summed E-state index contributed by atoms with van der Waals surface area (Å²) in [7, 11) is 0. The van der Waals surface area contributed by atoms with Gasteiger partial charge in [0.1, 0.15) is 0 Å². The van der Waals surface area contributed by atoms with Crippen LogP contribution in [-0.2, 0) is 14.3 Å². The molecule has 0 aliphatic carbocycles. The van der Waals surface area contributed by atoms with Crippen LogP contribution in [0.25, 0.3) is 0 Å². The van der Waals surface area contributed by atoms with E-state index in [2.05, 4.69) is 6.58 Å². The summed E-state index contributed by atoms with van der Waals surface area (Å²) in [6.45, 7) is 7.40. The first kappa shape index (κ1) is 11.2. The van der Waals surface area contributed by atoms with E-state index in [0.29, 0.717) is 0 Å². The average molecular weight is 172 g/mol. The highest BCUT2D eigenvalue weighted by atomic mass is 16.7. The maximum Gasteiger partial charge on any atom is 0.311 e. The molecule has 70 valence electrons. The molecular weight excluding hydrogens is 156 g/mol. The van der Waals surface area contributed by atoms with Crippen LogP contribution in [0.15, 0.2) is 12.7 Å². The highest BCUT2D eigenvalue weighted by Gasteiger charge is 2.01. The first-order valence-corrected chi connectivity index (χ1v) is 4.08. The minimum absolute atomic E-state index is 0.0433. The largest absolute Gasteiger partial charge is 0.438 e. The van der Waals surface area contributed by atoms with Crippen molar-refractivity contribution in [2.45, 2.75) is 32.8 Å². The van der Waals surface area contributed by atoms with Gasteiger partial charge in [-0.05, 0) is 13.3 Å². The molecule has 3 nitrogen and oxygen atoms in total. The third-order valence-electron chi connectivity index (χ3n) is 1.46. The van der Waals surface area contributed by atoms with E-state index in [1.165, 1.54) is 6.08 Å². The minimum Gasteiger partial charge on any atom is -0.438 e. The fourth-order valence-corrected chi connectivity index (χ4v) is 0.511. The molecule has 0 aromatic heterocycles. The summed E-state index contributed by atoms with van der Waals surface area (Å²) in [5, 5.41) is 0. The van der Waals surface area contributed by atoms with Gasteiger partial charge in [0.2, 0.25) is 0 Å². The van der Waals surface area contributed by atoms with Crippen molar-refractivity contribution < 1.29 is 14.3 Å². The molecule has 1 unspecified atom stereocenters. The fraction of sp³-hybridized carbons (Fsp3) is 0.667. The van der Waals surface area contributed by atoms with E-state index in [0.717, 1.165) is 6.42 Å². The average Bonchev–Trinajstić information content (AvgIpc) is 2.04. The van der Waals surface area contributed by atoms with Crippen LogP contribution >= 0.6 is 0 Å². The second kappa shape index (κ2) is 6.85. The van der Waals surface area contributed by atoms with Crippen molar-refractivity contribution in [2.24, 2.45) is 0 Å². The molecular formula is C9H16O3. The summed E-state index contributed by atoms with van der Waals surface area (Å²) in [5.41, 5.74) is 0. The molecule has 0 saturated carbocycles. The lowest BCUT2D eigenvalue weighted by atomic mass is 10.3. The predicted octanol–water partition coefficient (Wildman–Crippen LogP) is 1.88. The Morgan fingerprint density at radius 3 is 2.83 bits per heavy atom. The van der Waals surface area contributed by atoms with Crippen LogP contribution in [0.1, 0.15) is 26.7 Å². The van der Waals surface area contributed by atoms with Gasteiger partial charge in [0.05, 0.1) is 12.5 Å². The standard InChI is InChI=1S/C9H16O3/c1-4-6-9(10)12-7-11-8(3)5-2/h4,8H,1,5-7H2,2-3H3. The molecule has 3 heteroatoms. The number of carbonyl (C=O) groups is 1. The van der Waals surface area contributed by atoms with Crippen LogP contribution in [0.4, 0.5) is 0 Å². The molecule has 0 rings (SSSR count). The predicted molar refractivity (Wildman–Crippen MR) is 46.6 cm³/mol. The Labute approximate surface area is 73.4 Å². The molecule has 0 aliphatic rings. The Bertz CT molecular complexity index is 143. The Morgan fingerprint density at radius 1 is 1.67 bits per heavy atom. The van der Waals surface area contributed by atoms with E-state index in [9.17, 15) is 4.79 Å². The normalized spacial score (nSPS) is 12.2. The topological polar surface area (TPSA) is 35.5 Å². The molecule has 1 atom stereocenters. The summed E-state index contributed by atoms with van der Waals surface area (Å²) in [6, 6.07) is 0. The summed E-state index contributed by atoms with van der Waals surface area (Å²) in [4.78, 5) is 10.7. The quantitative estimate of drug-likeness (QED) is 0.348. The maximum absolute atomic E-state index is 10.7. The molecule has 0 saturated heterocycles. The van der Waals surface area contributed by atoms with Crippen molar-refractivity contribution in [3.05, 3.63) is 12.7 Å². The third-order valence-corrected chi connectivity index (χ3v) is 1.46. The van der Waals surface area contributed by atoms with Gasteiger partial charge in [0, 0.05) is 0 Å². The summed E-state index contributed by atoms with van der Waals surface area (Å²) in [6.07, 6.45) is 2.80. The Morgan fingerprint density at radius 2 is 2.33 bits per heavy atom. The summed E-state index contributed by atoms with van der Waals surface area (Å²) < 4.78 is 9.85. The highest BCUT2D eigenvalue weighted by molar-refractivity contribution is 5.70. The van der Waals surface area contributed by atoms with Gasteiger partial charge in [-0.15, -0.1) is 6.58 Å². The second-order valence-corrected chi connectivity index (χ2v) is 2.51. The van der Waals surface area contributed by atoms with Crippen LogP contribution in [0.5, 0.6) is 0 Å². The number of hydrogen-bond donors (Lipinski definition) is 0. The molecule has 12 heavy (non-hydrogen) atoms. The minimum atomic E-state index is -0.298. The molecule has 0 N–H and O–H groups in total. The Balaban J connectivity index is 3.30. The Kier molecular flexibility index (Phi) is 6.38. The number of carbonyl (C=O) groups excluding carboxylic acids is 1.